The van der Waals surface area contributed by atoms with Gasteiger partial charge in [0.15, 0.2) is 0 Å². The zero-order valence-corrected chi connectivity index (χ0v) is 10.7. The fourth-order valence-corrected chi connectivity index (χ4v) is 2.75. The van der Waals surface area contributed by atoms with Gasteiger partial charge in [-0.15, -0.1) is 0 Å². The fraction of sp³-hybridized carbons (Fsp3) is 0.133. The highest BCUT2D eigenvalue weighted by molar-refractivity contribution is 7.07. The summed E-state index contributed by atoms with van der Waals surface area (Å²) in [5.74, 6) is 0. The van der Waals surface area contributed by atoms with E-state index in [4.69, 9.17) is 5.73 Å². The van der Waals surface area contributed by atoms with Crippen molar-refractivity contribution in [1.29, 1.82) is 0 Å². The molecular formula is C15H14N2S. The lowest BCUT2D eigenvalue weighted by atomic mass is 10.0. The van der Waals surface area contributed by atoms with Gasteiger partial charge in [-0.3, -0.25) is 4.98 Å². The SMILES string of the molecule is NC(Cc1ccsc1)c1cnc2ccccc2c1. The van der Waals surface area contributed by atoms with E-state index in [1.165, 1.54) is 5.56 Å². The van der Waals surface area contributed by atoms with Crippen LogP contribution in [0, 0.1) is 0 Å². The van der Waals surface area contributed by atoms with Crippen molar-refractivity contribution in [3.63, 3.8) is 0 Å². The first-order valence-electron chi connectivity index (χ1n) is 5.94. The number of nitrogens with zero attached hydrogens (tertiary/aromatic N) is 1. The Labute approximate surface area is 110 Å². The summed E-state index contributed by atoms with van der Waals surface area (Å²) in [5, 5.41) is 5.38. The van der Waals surface area contributed by atoms with Gasteiger partial charge < -0.3 is 5.73 Å². The zero-order valence-electron chi connectivity index (χ0n) is 9.91. The molecule has 3 rings (SSSR count). The molecule has 1 aromatic carbocycles. The maximum atomic E-state index is 6.24. The molecule has 0 aliphatic heterocycles. The van der Waals surface area contributed by atoms with Gasteiger partial charge in [-0.05, 0) is 46.5 Å². The van der Waals surface area contributed by atoms with Gasteiger partial charge in [0.2, 0.25) is 0 Å². The van der Waals surface area contributed by atoms with Crippen molar-refractivity contribution in [2.75, 3.05) is 0 Å². The molecule has 0 aliphatic rings. The molecule has 0 radical (unpaired) electrons. The largest absolute Gasteiger partial charge is 0.324 e. The Hall–Kier alpha value is -1.71. The second kappa shape index (κ2) is 4.88. The number of benzene rings is 1. The number of para-hydroxylation sites is 1. The van der Waals surface area contributed by atoms with Crippen LogP contribution >= 0.6 is 11.3 Å². The Bertz CT molecular complexity index is 646. The minimum atomic E-state index is 0.0108. The molecule has 0 amide bonds. The van der Waals surface area contributed by atoms with Crippen LogP contribution in [-0.4, -0.2) is 4.98 Å². The van der Waals surface area contributed by atoms with Crippen LogP contribution in [0.4, 0.5) is 0 Å². The number of fused-ring (bicyclic) bond motifs is 1. The number of nitrogens with two attached hydrogens (primary N) is 1. The molecule has 0 saturated carbocycles. The molecule has 2 aromatic heterocycles. The lowest BCUT2D eigenvalue weighted by molar-refractivity contribution is 0.721. The van der Waals surface area contributed by atoms with E-state index in [0.29, 0.717) is 0 Å². The summed E-state index contributed by atoms with van der Waals surface area (Å²) in [5.41, 5.74) is 9.65. The summed E-state index contributed by atoms with van der Waals surface area (Å²) in [6.07, 6.45) is 2.75. The molecule has 2 heterocycles. The predicted octanol–water partition coefficient (Wildman–Crippen LogP) is 3.54. The quantitative estimate of drug-likeness (QED) is 0.776. The maximum absolute atomic E-state index is 6.24. The molecule has 3 heteroatoms. The Morgan fingerprint density at radius 2 is 2.11 bits per heavy atom. The summed E-state index contributed by atoms with van der Waals surface area (Å²) < 4.78 is 0. The number of hydrogen-bond donors (Lipinski definition) is 1. The highest BCUT2D eigenvalue weighted by atomic mass is 32.1. The molecule has 90 valence electrons. The first-order valence-corrected chi connectivity index (χ1v) is 6.88. The van der Waals surface area contributed by atoms with Crippen LogP contribution in [0.15, 0.2) is 53.4 Å². The van der Waals surface area contributed by atoms with E-state index >= 15 is 0 Å². The first-order chi connectivity index (χ1) is 8.83. The molecule has 1 atom stereocenters. The van der Waals surface area contributed by atoms with Gasteiger partial charge in [-0.1, -0.05) is 18.2 Å². The van der Waals surface area contributed by atoms with Crippen LogP contribution in [0.25, 0.3) is 10.9 Å². The van der Waals surface area contributed by atoms with E-state index in [-0.39, 0.29) is 6.04 Å². The molecule has 2 nitrogen and oxygen atoms in total. The van der Waals surface area contributed by atoms with E-state index < -0.39 is 0 Å². The lowest BCUT2D eigenvalue weighted by Crippen LogP contribution is -2.13. The third-order valence-electron chi connectivity index (χ3n) is 3.08. The summed E-state index contributed by atoms with van der Waals surface area (Å²) in [7, 11) is 0. The highest BCUT2D eigenvalue weighted by Crippen LogP contribution is 2.20. The number of hydrogen-bond acceptors (Lipinski definition) is 3. The minimum absolute atomic E-state index is 0.0108. The highest BCUT2D eigenvalue weighted by Gasteiger charge is 2.08. The van der Waals surface area contributed by atoms with Crippen LogP contribution in [-0.2, 0) is 6.42 Å². The van der Waals surface area contributed by atoms with Crippen molar-refractivity contribution in [3.05, 3.63) is 64.5 Å². The standard InChI is InChI=1S/C15H14N2S/c16-14(7-11-5-6-18-10-11)13-8-12-3-1-2-4-15(12)17-9-13/h1-6,8-10,14H,7,16H2. The first kappa shape index (κ1) is 11.4. The van der Waals surface area contributed by atoms with Crippen molar-refractivity contribution in [2.24, 2.45) is 5.73 Å². The number of aromatic nitrogens is 1. The second-order valence-corrected chi connectivity index (χ2v) is 5.18. The Morgan fingerprint density at radius 3 is 2.94 bits per heavy atom. The third-order valence-corrected chi connectivity index (χ3v) is 3.81. The average molecular weight is 254 g/mol. The van der Waals surface area contributed by atoms with Crippen molar-refractivity contribution < 1.29 is 0 Å². The predicted molar refractivity (Wildman–Crippen MR) is 76.7 cm³/mol. The molecule has 3 aromatic rings. The van der Waals surface area contributed by atoms with E-state index in [1.54, 1.807) is 11.3 Å². The summed E-state index contributed by atoms with van der Waals surface area (Å²) in [4.78, 5) is 4.45. The van der Waals surface area contributed by atoms with Crippen molar-refractivity contribution >= 4 is 22.2 Å². The van der Waals surface area contributed by atoms with Crippen LogP contribution < -0.4 is 5.73 Å². The Kier molecular flexibility index (Phi) is 3.09. The number of pyridine rings is 1. The van der Waals surface area contributed by atoms with Gasteiger partial charge in [0.05, 0.1) is 5.52 Å². The van der Waals surface area contributed by atoms with Crippen LogP contribution in [0.5, 0.6) is 0 Å². The molecular weight excluding hydrogens is 240 g/mol. The van der Waals surface area contributed by atoms with Gasteiger partial charge in [-0.25, -0.2) is 0 Å². The molecule has 0 fully saturated rings. The Morgan fingerprint density at radius 1 is 1.22 bits per heavy atom. The van der Waals surface area contributed by atoms with E-state index in [9.17, 15) is 0 Å². The normalized spacial score (nSPS) is 12.7. The molecule has 0 saturated heterocycles. The second-order valence-electron chi connectivity index (χ2n) is 4.40. The fourth-order valence-electron chi connectivity index (χ4n) is 2.07. The maximum Gasteiger partial charge on any atom is 0.0702 e. The average Bonchev–Trinajstić information content (AvgIpc) is 2.91. The van der Waals surface area contributed by atoms with Gasteiger partial charge in [0.25, 0.3) is 0 Å². The van der Waals surface area contributed by atoms with E-state index in [1.807, 2.05) is 24.4 Å². The van der Waals surface area contributed by atoms with Gasteiger partial charge in [0.1, 0.15) is 0 Å². The van der Waals surface area contributed by atoms with Crippen molar-refractivity contribution in [2.45, 2.75) is 12.5 Å². The molecule has 0 spiro atoms. The molecule has 18 heavy (non-hydrogen) atoms. The lowest BCUT2D eigenvalue weighted by Gasteiger charge is -2.11. The van der Waals surface area contributed by atoms with E-state index in [0.717, 1.165) is 22.9 Å². The van der Waals surface area contributed by atoms with Gasteiger partial charge in [-0.2, -0.15) is 11.3 Å². The molecule has 0 aliphatic carbocycles. The smallest absolute Gasteiger partial charge is 0.0702 e. The van der Waals surface area contributed by atoms with Gasteiger partial charge >= 0.3 is 0 Å². The topological polar surface area (TPSA) is 38.9 Å². The van der Waals surface area contributed by atoms with Crippen LogP contribution in [0.3, 0.4) is 0 Å². The summed E-state index contributed by atoms with van der Waals surface area (Å²) in [6, 6.07) is 12.4. The zero-order chi connectivity index (χ0) is 12.4. The van der Waals surface area contributed by atoms with E-state index in [2.05, 4.69) is 33.9 Å². The number of rotatable bonds is 3. The third kappa shape index (κ3) is 2.28. The summed E-state index contributed by atoms with van der Waals surface area (Å²) >= 11 is 1.71. The van der Waals surface area contributed by atoms with Crippen molar-refractivity contribution in [1.82, 2.24) is 4.98 Å². The molecule has 1 unspecified atom stereocenters. The Balaban J connectivity index is 1.89. The van der Waals surface area contributed by atoms with Crippen LogP contribution in [0.2, 0.25) is 0 Å². The van der Waals surface area contributed by atoms with Gasteiger partial charge in [0, 0.05) is 17.6 Å². The minimum Gasteiger partial charge on any atom is -0.324 e. The molecule has 2 N–H and O–H groups in total. The van der Waals surface area contributed by atoms with Crippen LogP contribution in [0.1, 0.15) is 17.2 Å². The number of thiophene rings is 1. The molecule has 0 bridgehead atoms. The monoisotopic (exact) mass is 254 g/mol. The van der Waals surface area contributed by atoms with Crippen molar-refractivity contribution in [3.8, 4) is 0 Å². The summed E-state index contributed by atoms with van der Waals surface area (Å²) in [6.45, 7) is 0.